The topological polar surface area (TPSA) is 63.2 Å². The number of nitrogens with one attached hydrogen (secondary N) is 2. The molecule has 2 N–H and O–H groups in total. The number of hydrogen-bond donors (Lipinski definition) is 2. The van der Waals surface area contributed by atoms with Crippen LogP contribution in [-0.4, -0.2) is 31.1 Å². The standard InChI is InChI=1S/C10H15N3O2/c1-3-11-9(14)7-13-8-4-5-12-10(6-8)15-2/h4-6H,3,7H2,1-2H3,(H,11,14)(H,12,13). The van der Waals surface area contributed by atoms with E-state index in [-0.39, 0.29) is 12.5 Å². The van der Waals surface area contributed by atoms with Crippen LogP contribution in [-0.2, 0) is 4.79 Å². The molecule has 1 rings (SSSR count). The van der Waals surface area contributed by atoms with Gasteiger partial charge in [0.1, 0.15) is 0 Å². The molecule has 1 amide bonds. The summed E-state index contributed by atoms with van der Waals surface area (Å²) >= 11 is 0. The Labute approximate surface area is 88.9 Å². The van der Waals surface area contributed by atoms with Gasteiger partial charge in [0.25, 0.3) is 0 Å². The molecule has 5 nitrogen and oxygen atoms in total. The lowest BCUT2D eigenvalue weighted by Crippen LogP contribution is -2.29. The molecular formula is C10H15N3O2. The fourth-order valence-corrected chi connectivity index (χ4v) is 1.07. The van der Waals surface area contributed by atoms with Crippen molar-refractivity contribution in [3.8, 4) is 5.88 Å². The molecule has 0 aliphatic rings. The number of methoxy groups -OCH3 is 1. The molecule has 0 radical (unpaired) electrons. The van der Waals surface area contributed by atoms with E-state index in [4.69, 9.17) is 4.74 Å². The zero-order chi connectivity index (χ0) is 11.1. The second-order valence-corrected chi connectivity index (χ2v) is 2.89. The molecule has 1 aromatic rings. The van der Waals surface area contributed by atoms with E-state index < -0.39 is 0 Å². The summed E-state index contributed by atoms with van der Waals surface area (Å²) in [5.41, 5.74) is 0.813. The van der Waals surface area contributed by atoms with Crippen LogP contribution in [0.5, 0.6) is 5.88 Å². The quantitative estimate of drug-likeness (QED) is 0.747. The Kier molecular flexibility index (Phi) is 4.40. The van der Waals surface area contributed by atoms with E-state index in [9.17, 15) is 4.79 Å². The maximum atomic E-state index is 11.2. The molecule has 5 heteroatoms. The van der Waals surface area contributed by atoms with E-state index >= 15 is 0 Å². The van der Waals surface area contributed by atoms with Crippen LogP contribution in [0.4, 0.5) is 5.69 Å². The van der Waals surface area contributed by atoms with Crippen LogP contribution in [0.3, 0.4) is 0 Å². The highest BCUT2D eigenvalue weighted by Crippen LogP contribution is 2.12. The number of rotatable bonds is 5. The highest BCUT2D eigenvalue weighted by Gasteiger charge is 2.00. The van der Waals surface area contributed by atoms with Gasteiger partial charge >= 0.3 is 0 Å². The Morgan fingerprint density at radius 2 is 2.40 bits per heavy atom. The van der Waals surface area contributed by atoms with Crippen LogP contribution in [0.25, 0.3) is 0 Å². The summed E-state index contributed by atoms with van der Waals surface area (Å²) in [7, 11) is 1.55. The van der Waals surface area contributed by atoms with Gasteiger partial charge in [-0.15, -0.1) is 0 Å². The summed E-state index contributed by atoms with van der Waals surface area (Å²) < 4.78 is 4.96. The average Bonchev–Trinajstić information content (AvgIpc) is 2.27. The third kappa shape index (κ3) is 3.84. The molecule has 0 saturated heterocycles. The zero-order valence-corrected chi connectivity index (χ0v) is 8.91. The van der Waals surface area contributed by atoms with Crippen molar-refractivity contribution in [1.29, 1.82) is 0 Å². The lowest BCUT2D eigenvalue weighted by Gasteiger charge is -2.06. The smallest absolute Gasteiger partial charge is 0.239 e. The molecule has 0 unspecified atom stereocenters. The number of anilines is 1. The summed E-state index contributed by atoms with van der Waals surface area (Å²) in [6.45, 7) is 2.77. The predicted octanol–water partition coefficient (Wildman–Crippen LogP) is 0.638. The number of aromatic nitrogens is 1. The van der Waals surface area contributed by atoms with Crippen LogP contribution < -0.4 is 15.4 Å². The second kappa shape index (κ2) is 5.85. The van der Waals surface area contributed by atoms with Gasteiger partial charge in [-0.2, -0.15) is 0 Å². The molecule has 0 saturated carbocycles. The highest BCUT2D eigenvalue weighted by atomic mass is 16.5. The zero-order valence-electron chi connectivity index (χ0n) is 8.91. The van der Waals surface area contributed by atoms with Crippen molar-refractivity contribution in [3.05, 3.63) is 18.3 Å². The number of likely N-dealkylation sites (N-methyl/N-ethyl adjacent to an activating group) is 1. The van der Waals surface area contributed by atoms with Gasteiger partial charge in [-0.1, -0.05) is 0 Å². The van der Waals surface area contributed by atoms with Gasteiger partial charge in [0.2, 0.25) is 11.8 Å². The van der Waals surface area contributed by atoms with E-state index in [0.717, 1.165) is 5.69 Å². The Morgan fingerprint density at radius 1 is 1.60 bits per heavy atom. The fourth-order valence-electron chi connectivity index (χ4n) is 1.07. The van der Waals surface area contributed by atoms with Gasteiger partial charge in [0, 0.05) is 24.5 Å². The van der Waals surface area contributed by atoms with Crippen LogP contribution in [0, 0.1) is 0 Å². The van der Waals surface area contributed by atoms with Gasteiger partial charge in [0.05, 0.1) is 13.7 Å². The van der Waals surface area contributed by atoms with Crippen LogP contribution in [0.15, 0.2) is 18.3 Å². The number of nitrogens with zero attached hydrogens (tertiary/aromatic N) is 1. The SMILES string of the molecule is CCNC(=O)CNc1ccnc(OC)c1. The molecule has 0 bridgehead atoms. The van der Waals surface area contributed by atoms with Gasteiger partial charge in [-0.3, -0.25) is 4.79 Å². The summed E-state index contributed by atoms with van der Waals surface area (Å²) in [6.07, 6.45) is 1.62. The summed E-state index contributed by atoms with van der Waals surface area (Å²) in [4.78, 5) is 15.1. The third-order valence-corrected chi connectivity index (χ3v) is 1.77. The molecule has 0 spiro atoms. The molecule has 0 aliphatic heterocycles. The van der Waals surface area contributed by atoms with Crippen molar-refractivity contribution in [1.82, 2.24) is 10.3 Å². The largest absolute Gasteiger partial charge is 0.481 e. The average molecular weight is 209 g/mol. The molecule has 1 aromatic heterocycles. The summed E-state index contributed by atoms with van der Waals surface area (Å²) in [5, 5.41) is 5.67. The number of carbonyl (C=O) groups is 1. The number of carbonyl (C=O) groups excluding carboxylic acids is 1. The van der Waals surface area contributed by atoms with Gasteiger partial charge < -0.3 is 15.4 Å². The van der Waals surface area contributed by atoms with Crippen molar-refractivity contribution < 1.29 is 9.53 Å². The van der Waals surface area contributed by atoms with Gasteiger partial charge in [0.15, 0.2) is 0 Å². The van der Waals surface area contributed by atoms with Crippen molar-refractivity contribution >= 4 is 11.6 Å². The van der Waals surface area contributed by atoms with Crippen LogP contribution in [0.1, 0.15) is 6.92 Å². The molecule has 0 aliphatic carbocycles. The third-order valence-electron chi connectivity index (χ3n) is 1.77. The fraction of sp³-hybridized carbons (Fsp3) is 0.400. The number of hydrogen-bond acceptors (Lipinski definition) is 4. The Morgan fingerprint density at radius 3 is 3.07 bits per heavy atom. The Balaban J connectivity index is 2.46. The van der Waals surface area contributed by atoms with Crippen LogP contribution in [0.2, 0.25) is 0 Å². The number of amides is 1. The first-order chi connectivity index (χ1) is 7.26. The minimum atomic E-state index is -0.0340. The number of pyridine rings is 1. The second-order valence-electron chi connectivity index (χ2n) is 2.89. The van der Waals surface area contributed by atoms with Crippen LogP contribution >= 0.6 is 0 Å². The minimum Gasteiger partial charge on any atom is -0.481 e. The van der Waals surface area contributed by atoms with E-state index in [2.05, 4.69) is 15.6 Å². The maximum absolute atomic E-state index is 11.2. The van der Waals surface area contributed by atoms with Crippen molar-refractivity contribution in [2.45, 2.75) is 6.92 Å². The highest BCUT2D eigenvalue weighted by molar-refractivity contribution is 5.80. The molecule has 0 atom stereocenters. The Hall–Kier alpha value is -1.78. The van der Waals surface area contributed by atoms with Crippen molar-refractivity contribution in [3.63, 3.8) is 0 Å². The first-order valence-corrected chi connectivity index (χ1v) is 4.77. The van der Waals surface area contributed by atoms with E-state index in [1.807, 2.05) is 6.92 Å². The van der Waals surface area contributed by atoms with Crippen molar-refractivity contribution in [2.75, 3.05) is 25.5 Å². The lowest BCUT2D eigenvalue weighted by molar-refractivity contribution is -0.119. The minimum absolute atomic E-state index is 0.0340. The summed E-state index contributed by atoms with van der Waals surface area (Å²) in [6, 6.07) is 3.51. The van der Waals surface area contributed by atoms with E-state index in [1.54, 1.807) is 25.4 Å². The Bertz CT molecular complexity index is 328. The normalized spacial score (nSPS) is 9.47. The molecule has 82 valence electrons. The first-order valence-electron chi connectivity index (χ1n) is 4.77. The van der Waals surface area contributed by atoms with E-state index in [0.29, 0.717) is 12.4 Å². The predicted molar refractivity (Wildman–Crippen MR) is 58.0 cm³/mol. The number of ether oxygens (including phenoxy) is 1. The maximum Gasteiger partial charge on any atom is 0.239 e. The monoisotopic (exact) mass is 209 g/mol. The van der Waals surface area contributed by atoms with Crippen molar-refractivity contribution in [2.24, 2.45) is 0 Å². The molecule has 0 aromatic carbocycles. The van der Waals surface area contributed by atoms with Gasteiger partial charge in [-0.25, -0.2) is 4.98 Å². The summed E-state index contributed by atoms with van der Waals surface area (Å²) in [5.74, 6) is 0.490. The molecule has 15 heavy (non-hydrogen) atoms. The lowest BCUT2D eigenvalue weighted by atomic mass is 10.4. The molecule has 1 heterocycles. The molecular weight excluding hydrogens is 194 g/mol. The molecule has 0 fully saturated rings. The first kappa shape index (κ1) is 11.3. The van der Waals surface area contributed by atoms with Gasteiger partial charge in [-0.05, 0) is 13.0 Å². The van der Waals surface area contributed by atoms with E-state index in [1.165, 1.54) is 0 Å².